The maximum Gasteiger partial charge on any atom is 0.418 e. The van der Waals surface area contributed by atoms with Crippen molar-refractivity contribution >= 4 is 21.4 Å². The van der Waals surface area contributed by atoms with Crippen molar-refractivity contribution in [2.75, 3.05) is 0 Å². The Balaban J connectivity index is 1.60. The molecular formula is C30H30F3NS. The van der Waals surface area contributed by atoms with E-state index in [1.807, 2.05) is 50.2 Å². The largest absolute Gasteiger partial charge is 0.418 e. The molecule has 0 amide bonds. The molecule has 2 aromatic heterocycles. The lowest BCUT2D eigenvalue weighted by Crippen LogP contribution is -2.20. The monoisotopic (exact) mass is 493 g/mol. The zero-order chi connectivity index (χ0) is 25.0. The Morgan fingerprint density at radius 3 is 2.11 bits per heavy atom. The second-order valence-corrected chi connectivity index (χ2v) is 11.8. The van der Waals surface area contributed by atoms with Crippen molar-refractivity contribution in [3.8, 4) is 21.7 Å². The lowest BCUT2D eigenvalue weighted by Gasteiger charge is -2.34. The second-order valence-electron chi connectivity index (χ2n) is 10.8. The summed E-state index contributed by atoms with van der Waals surface area (Å²) in [5.41, 5.74) is 5.26. The van der Waals surface area contributed by atoms with E-state index in [4.69, 9.17) is 0 Å². The van der Waals surface area contributed by atoms with Crippen LogP contribution in [0.4, 0.5) is 13.2 Å². The molecule has 1 aliphatic carbocycles. The lowest BCUT2D eigenvalue weighted by molar-refractivity contribution is -0.135. The SMILES string of the molecule is Cc1cc(C)cc(-c2nccc3c(C(F)(F)F)c(-c4ccc(C5CCC(C)(C)CC5)cc4)sc23)c1. The van der Waals surface area contributed by atoms with Crippen LogP contribution in [-0.4, -0.2) is 4.98 Å². The van der Waals surface area contributed by atoms with Crippen LogP contribution < -0.4 is 0 Å². The van der Waals surface area contributed by atoms with Gasteiger partial charge in [0.25, 0.3) is 0 Å². The fourth-order valence-electron chi connectivity index (χ4n) is 5.46. The number of aromatic nitrogens is 1. The zero-order valence-electron chi connectivity index (χ0n) is 20.6. The third kappa shape index (κ3) is 4.75. The molecule has 2 aromatic carbocycles. The summed E-state index contributed by atoms with van der Waals surface area (Å²) in [7, 11) is 0. The molecule has 5 rings (SSSR count). The van der Waals surface area contributed by atoms with Crippen molar-refractivity contribution in [2.45, 2.75) is 65.5 Å². The van der Waals surface area contributed by atoms with Crippen LogP contribution in [-0.2, 0) is 6.18 Å². The second kappa shape index (κ2) is 8.77. The molecule has 35 heavy (non-hydrogen) atoms. The van der Waals surface area contributed by atoms with Crippen molar-refractivity contribution in [3.63, 3.8) is 0 Å². The fraction of sp³-hybridized carbons (Fsp3) is 0.367. The predicted molar refractivity (Wildman–Crippen MR) is 140 cm³/mol. The Morgan fingerprint density at radius 2 is 1.51 bits per heavy atom. The third-order valence-corrected chi connectivity index (χ3v) is 8.63. The molecule has 0 atom stereocenters. The van der Waals surface area contributed by atoms with E-state index in [1.54, 1.807) is 0 Å². The number of fused-ring (bicyclic) bond motifs is 1. The third-order valence-electron chi connectivity index (χ3n) is 7.37. The lowest BCUT2D eigenvalue weighted by atomic mass is 9.71. The number of aryl methyl sites for hydroxylation is 2. The first-order valence-electron chi connectivity index (χ1n) is 12.2. The summed E-state index contributed by atoms with van der Waals surface area (Å²) in [5.74, 6) is 0.488. The number of halogens is 3. The van der Waals surface area contributed by atoms with Crippen molar-refractivity contribution < 1.29 is 13.2 Å². The molecule has 4 aromatic rings. The van der Waals surface area contributed by atoms with E-state index in [2.05, 4.69) is 24.9 Å². The highest BCUT2D eigenvalue weighted by Crippen LogP contribution is 2.49. The molecule has 0 aliphatic heterocycles. The van der Waals surface area contributed by atoms with Crippen LogP contribution in [0.1, 0.15) is 67.7 Å². The summed E-state index contributed by atoms with van der Waals surface area (Å²) in [4.78, 5) is 4.79. The van der Waals surface area contributed by atoms with Gasteiger partial charge in [0.2, 0.25) is 0 Å². The van der Waals surface area contributed by atoms with Gasteiger partial charge in [0.05, 0.1) is 16.0 Å². The Hall–Kier alpha value is -2.66. The maximum absolute atomic E-state index is 14.4. The molecule has 0 spiro atoms. The summed E-state index contributed by atoms with van der Waals surface area (Å²) in [6.07, 6.45) is 1.67. The smallest absolute Gasteiger partial charge is 0.255 e. The van der Waals surface area contributed by atoms with Crippen molar-refractivity contribution in [1.82, 2.24) is 4.98 Å². The molecule has 1 fully saturated rings. The Kier molecular flexibility index (Phi) is 6.03. The van der Waals surface area contributed by atoms with E-state index in [-0.39, 0.29) is 10.3 Å². The molecule has 1 nitrogen and oxygen atoms in total. The van der Waals surface area contributed by atoms with Crippen LogP contribution in [0.3, 0.4) is 0 Å². The van der Waals surface area contributed by atoms with Crippen LogP contribution in [0.15, 0.2) is 54.7 Å². The highest BCUT2D eigenvalue weighted by atomic mass is 32.1. The molecule has 0 unspecified atom stereocenters. The minimum absolute atomic E-state index is 0.222. The Labute approximate surface area is 209 Å². The first kappa shape index (κ1) is 24.1. The molecule has 182 valence electrons. The number of hydrogen-bond acceptors (Lipinski definition) is 2. The molecule has 2 heterocycles. The zero-order valence-corrected chi connectivity index (χ0v) is 21.4. The van der Waals surface area contributed by atoms with Gasteiger partial charge in [-0.3, -0.25) is 4.98 Å². The minimum Gasteiger partial charge on any atom is -0.255 e. The summed E-state index contributed by atoms with van der Waals surface area (Å²) < 4.78 is 43.7. The molecule has 0 bridgehead atoms. The molecule has 1 aliphatic rings. The van der Waals surface area contributed by atoms with Gasteiger partial charge in [-0.1, -0.05) is 55.3 Å². The van der Waals surface area contributed by atoms with E-state index in [0.29, 0.717) is 27.3 Å². The standard InChI is InChI=1S/C30H30F3NS/c1-18-15-19(2)17-23(16-18)26-28-24(11-14-34-26)25(30(31,32)33)27(35-28)22-7-5-20(6-8-22)21-9-12-29(3,4)13-10-21/h5-8,11,14-17,21H,9-10,12-13H2,1-4H3. The summed E-state index contributed by atoms with van der Waals surface area (Å²) in [5, 5.41) is 0.222. The number of rotatable bonds is 3. The van der Waals surface area contributed by atoms with Crippen LogP contribution in [0.2, 0.25) is 0 Å². The van der Waals surface area contributed by atoms with Crippen molar-refractivity contribution in [2.24, 2.45) is 5.41 Å². The normalized spacial score (nSPS) is 16.7. The van der Waals surface area contributed by atoms with Gasteiger partial charge >= 0.3 is 6.18 Å². The van der Waals surface area contributed by atoms with Crippen molar-refractivity contribution in [1.29, 1.82) is 0 Å². The molecular weight excluding hydrogens is 463 g/mol. The van der Waals surface area contributed by atoms with E-state index < -0.39 is 11.7 Å². The van der Waals surface area contributed by atoms with E-state index in [9.17, 15) is 13.2 Å². The van der Waals surface area contributed by atoms with Crippen LogP contribution >= 0.6 is 11.3 Å². The van der Waals surface area contributed by atoms with Crippen LogP contribution in [0.5, 0.6) is 0 Å². The summed E-state index contributed by atoms with van der Waals surface area (Å²) in [6, 6.07) is 15.3. The fourth-order valence-corrected chi connectivity index (χ4v) is 6.80. The van der Waals surface area contributed by atoms with Gasteiger partial charge < -0.3 is 0 Å². The number of benzene rings is 2. The Morgan fingerprint density at radius 1 is 0.886 bits per heavy atom. The van der Waals surface area contributed by atoms with E-state index in [0.717, 1.165) is 29.5 Å². The van der Waals surface area contributed by atoms with Gasteiger partial charge in [-0.25, -0.2) is 0 Å². The number of alkyl halides is 3. The van der Waals surface area contributed by atoms with Crippen molar-refractivity contribution in [3.05, 3.63) is 77.0 Å². The molecule has 0 N–H and O–H groups in total. The van der Waals surface area contributed by atoms with Gasteiger partial charge in [0.15, 0.2) is 0 Å². The number of thiophene rings is 1. The maximum atomic E-state index is 14.4. The van der Waals surface area contributed by atoms with Gasteiger partial charge in [-0.15, -0.1) is 11.3 Å². The predicted octanol–water partition coefficient (Wildman–Crippen LogP) is 9.95. The first-order chi connectivity index (χ1) is 16.5. The van der Waals surface area contributed by atoms with Gasteiger partial charge in [-0.05, 0) is 80.2 Å². The molecule has 5 heteroatoms. The average molecular weight is 494 g/mol. The average Bonchev–Trinajstić information content (AvgIpc) is 3.19. The molecule has 0 radical (unpaired) electrons. The highest BCUT2D eigenvalue weighted by molar-refractivity contribution is 7.23. The summed E-state index contributed by atoms with van der Waals surface area (Å²) in [6.45, 7) is 8.61. The number of pyridine rings is 1. The highest BCUT2D eigenvalue weighted by Gasteiger charge is 2.38. The van der Waals surface area contributed by atoms with Crippen LogP contribution in [0.25, 0.3) is 31.8 Å². The minimum atomic E-state index is -4.46. The van der Waals surface area contributed by atoms with Gasteiger partial charge in [-0.2, -0.15) is 13.2 Å². The first-order valence-corrected chi connectivity index (χ1v) is 13.0. The summed E-state index contributed by atoms with van der Waals surface area (Å²) >= 11 is 1.20. The molecule has 0 saturated heterocycles. The van der Waals surface area contributed by atoms with E-state index in [1.165, 1.54) is 42.0 Å². The quantitative estimate of drug-likeness (QED) is 0.277. The Bertz CT molecular complexity index is 1350. The van der Waals surface area contributed by atoms with E-state index >= 15 is 0 Å². The van der Waals surface area contributed by atoms with Gasteiger partial charge in [0.1, 0.15) is 0 Å². The topological polar surface area (TPSA) is 12.9 Å². The van der Waals surface area contributed by atoms with Crippen LogP contribution in [0, 0.1) is 19.3 Å². The number of nitrogens with zero attached hydrogens (tertiary/aromatic N) is 1. The number of hydrogen-bond donors (Lipinski definition) is 0. The molecule has 1 saturated carbocycles. The van der Waals surface area contributed by atoms with Gasteiger partial charge in [0, 0.05) is 22.0 Å².